The number of nitrogens with one attached hydrogen (secondary N) is 2. The number of anilines is 3. The van der Waals surface area contributed by atoms with Crippen molar-refractivity contribution in [2.45, 2.75) is 44.8 Å². The average Bonchev–Trinajstić information content (AvgIpc) is 2.81. The van der Waals surface area contributed by atoms with E-state index in [1.807, 2.05) is 12.1 Å². The largest absolute Gasteiger partial charge is 0.416 e. The van der Waals surface area contributed by atoms with Crippen LogP contribution in [-0.2, 0) is 11.0 Å². The standard InChI is InChI=1S/C24H28F3N5O2/c1-16-10-13-31(14-11-16)21-9-8-19(15-28-21)32-12-2-3-20(22(32)33)30-23(34)29-18-6-4-17(5-7-18)24(25,26)27/h4-9,15-16,20H,2-3,10-14H2,1H3,(H2,29,30,34)/t20-/m1/s1. The topological polar surface area (TPSA) is 77.6 Å². The van der Waals surface area contributed by atoms with Gasteiger partial charge in [0.2, 0.25) is 5.91 Å². The van der Waals surface area contributed by atoms with Crippen LogP contribution in [0.25, 0.3) is 0 Å². The second-order valence-corrected chi connectivity index (χ2v) is 8.90. The maximum absolute atomic E-state index is 13.0. The molecule has 7 nitrogen and oxygen atoms in total. The highest BCUT2D eigenvalue weighted by molar-refractivity contribution is 6.01. The Kier molecular flexibility index (Phi) is 6.95. The van der Waals surface area contributed by atoms with E-state index in [0.717, 1.165) is 49.8 Å². The molecule has 3 heterocycles. The normalized spacial score (nSPS) is 19.8. The number of halogens is 3. The minimum atomic E-state index is -4.45. The zero-order chi connectivity index (χ0) is 24.3. The number of pyridine rings is 1. The first-order valence-electron chi connectivity index (χ1n) is 11.5. The van der Waals surface area contributed by atoms with Crippen LogP contribution < -0.4 is 20.4 Å². The number of alkyl halides is 3. The summed E-state index contributed by atoms with van der Waals surface area (Å²) in [5.74, 6) is 1.38. The van der Waals surface area contributed by atoms with Gasteiger partial charge in [0.25, 0.3) is 0 Å². The van der Waals surface area contributed by atoms with Gasteiger partial charge in [-0.15, -0.1) is 0 Å². The Morgan fingerprint density at radius 1 is 1.03 bits per heavy atom. The lowest BCUT2D eigenvalue weighted by Crippen LogP contribution is -2.53. The Bertz CT molecular complexity index is 1000. The van der Waals surface area contributed by atoms with Gasteiger partial charge in [0.15, 0.2) is 0 Å². The Balaban J connectivity index is 1.35. The molecule has 3 amide bonds. The van der Waals surface area contributed by atoms with Crippen LogP contribution in [0.2, 0.25) is 0 Å². The SMILES string of the molecule is CC1CCN(c2ccc(N3CCC[C@@H](NC(=O)Nc4ccc(C(F)(F)F)cc4)C3=O)cn2)CC1. The molecule has 2 fully saturated rings. The fraction of sp³-hybridized carbons (Fsp3) is 0.458. The van der Waals surface area contributed by atoms with E-state index < -0.39 is 23.8 Å². The molecular weight excluding hydrogens is 447 g/mol. The number of rotatable bonds is 4. The molecule has 182 valence electrons. The highest BCUT2D eigenvalue weighted by Gasteiger charge is 2.32. The van der Waals surface area contributed by atoms with Crippen LogP contribution in [0.5, 0.6) is 0 Å². The molecule has 0 unspecified atom stereocenters. The predicted octanol–water partition coefficient (Wildman–Crippen LogP) is 4.65. The Morgan fingerprint density at radius 2 is 1.74 bits per heavy atom. The van der Waals surface area contributed by atoms with Gasteiger partial charge in [-0.2, -0.15) is 13.2 Å². The molecule has 0 aliphatic carbocycles. The molecule has 0 bridgehead atoms. The Labute approximate surface area is 196 Å². The summed E-state index contributed by atoms with van der Waals surface area (Å²) in [6.45, 7) is 4.72. The summed E-state index contributed by atoms with van der Waals surface area (Å²) in [5, 5.41) is 5.12. The highest BCUT2D eigenvalue weighted by Crippen LogP contribution is 2.30. The fourth-order valence-electron chi connectivity index (χ4n) is 4.30. The number of piperidine rings is 2. The first kappa shape index (κ1) is 23.8. The van der Waals surface area contributed by atoms with Gasteiger partial charge in [-0.1, -0.05) is 6.92 Å². The number of urea groups is 1. The number of nitrogens with zero attached hydrogens (tertiary/aromatic N) is 3. The van der Waals surface area contributed by atoms with Crippen LogP contribution in [0.4, 0.5) is 35.2 Å². The van der Waals surface area contributed by atoms with Crippen LogP contribution in [0.1, 0.15) is 38.2 Å². The van der Waals surface area contributed by atoms with E-state index in [4.69, 9.17) is 0 Å². The molecule has 1 aromatic carbocycles. The van der Waals surface area contributed by atoms with Crippen molar-refractivity contribution in [3.63, 3.8) is 0 Å². The maximum Gasteiger partial charge on any atom is 0.416 e. The third-order valence-electron chi connectivity index (χ3n) is 6.37. The third kappa shape index (κ3) is 5.60. The van der Waals surface area contributed by atoms with Crippen molar-refractivity contribution in [3.05, 3.63) is 48.2 Å². The molecule has 10 heteroatoms. The lowest BCUT2D eigenvalue weighted by Gasteiger charge is -2.33. The first-order chi connectivity index (χ1) is 16.2. The summed E-state index contributed by atoms with van der Waals surface area (Å²) >= 11 is 0. The summed E-state index contributed by atoms with van der Waals surface area (Å²) in [4.78, 5) is 33.8. The average molecular weight is 476 g/mol. The Morgan fingerprint density at radius 3 is 2.35 bits per heavy atom. The summed E-state index contributed by atoms with van der Waals surface area (Å²) in [7, 11) is 0. The van der Waals surface area contributed by atoms with Crippen molar-refractivity contribution in [2.75, 3.05) is 34.8 Å². The number of hydrogen-bond acceptors (Lipinski definition) is 4. The van der Waals surface area contributed by atoms with Crippen molar-refractivity contribution < 1.29 is 22.8 Å². The number of carbonyl (C=O) groups is 2. The quantitative estimate of drug-likeness (QED) is 0.675. The predicted molar refractivity (Wildman–Crippen MR) is 124 cm³/mol. The lowest BCUT2D eigenvalue weighted by atomic mass is 9.99. The molecular formula is C24H28F3N5O2. The van der Waals surface area contributed by atoms with Gasteiger partial charge in [-0.3, -0.25) is 4.79 Å². The number of carbonyl (C=O) groups excluding carboxylic acids is 2. The number of benzene rings is 1. The first-order valence-corrected chi connectivity index (χ1v) is 11.5. The minimum absolute atomic E-state index is 0.206. The van der Waals surface area contributed by atoms with E-state index in [1.165, 1.54) is 12.1 Å². The summed E-state index contributed by atoms with van der Waals surface area (Å²) in [6, 6.07) is 6.56. The van der Waals surface area contributed by atoms with Crippen molar-refractivity contribution in [1.29, 1.82) is 0 Å². The van der Waals surface area contributed by atoms with Crippen LogP contribution in [0, 0.1) is 5.92 Å². The fourth-order valence-corrected chi connectivity index (χ4v) is 4.30. The minimum Gasteiger partial charge on any atom is -0.357 e. The monoisotopic (exact) mass is 475 g/mol. The van der Waals surface area contributed by atoms with E-state index in [-0.39, 0.29) is 11.6 Å². The van der Waals surface area contributed by atoms with Crippen LogP contribution in [0.15, 0.2) is 42.6 Å². The summed E-state index contributed by atoms with van der Waals surface area (Å²) in [5.41, 5.74) is 0.0808. The van der Waals surface area contributed by atoms with E-state index in [0.29, 0.717) is 25.1 Å². The Hall–Kier alpha value is -3.30. The molecule has 2 aliphatic heterocycles. The van der Waals surface area contributed by atoms with Gasteiger partial charge in [-0.25, -0.2) is 9.78 Å². The second-order valence-electron chi connectivity index (χ2n) is 8.90. The number of amides is 3. The van der Waals surface area contributed by atoms with E-state index in [9.17, 15) is 22.8 Å². The van der Waals surface area contributed by atoms with Crippen LogP contribution >= 0.6 is 0 Å². The van der Waals surface area contributed by atoms with Crippen LogP contribution in [-0.4, -0.2) is 42.6 Å². The smallest absolute Gasteiger partial charge is 0.357 e. The van der Waals surface area contributed by atoms with Gasteiger partial charge in [0, 0.05) is 25.3 Å². The zero-order valence-corrected chi connectivity index (χ0v) is 18.9. The molecule has 2 N–H and O–H groups in total. The molecule has 2 saturated heterocycles. The van der Waals surface area contributed by atoms with Gasteiger partial charge in [0.05, 0.1) is 17.4 Å². The molecule has 34 heavy (non-hydrogen) atoms. The number of aromatic nitrogens is 1. The summed E-state index contributed by atoms with van der Waals surface area (Å²) in [6.07, 6.45) is 0.690. The summed E-state index contributed by atoms with van der Waals surface area (Å²) < 4.78 is 38.1. The molecule has 0 radical (unpaired) electrons. The molecule has 1 aromatic heterocycles. The van der Waals surface area contributed by atoms with E-state index >= 15 is 0 Å². The van der Waals surface area contributed by atoms with Crippen LogP contribution in [0.3, 0.4) is 0 Å². The lowest BCUT2D eigenvalue weighted by molar-refractivity contribution is -0.137. The molecule has 2 aliphatic rings. The second kappa shape index (κ2) is 9.90. The molecule has 0 spiro atoms. The number of hydrogen-bond donors (Lipinski definition) is 2. The van der Waals surface area contributed by atoms with Crippen molar-refractivity contribution in [2.24, 2.45) is 5.92 Å². The molecule has 4 rings (SSSR count). The molecule has 1 atom stereocenters. The maximum atomic E-state index is 13.0. The van der Waals surface area contributed by atoms with Crippen molar-refractivity contribution >= 4 is 29.1 Å². The third-order valence-corrected chi connectivity index (χ3v) is 6.37. The van der Waals surface area contributed by atoms with Crippen molar-refractivity contribution in [1.82, 2.24) is 10.3 Å². The van der Waals surface area contributed by atoms with Gasteiger partial charge in [0.1, 0.15) is 11.9 Å². The van der Waals surface area contributed by atoms with Gasteiger partial charge >= 0.3 is 12.2 Å². The van der Waals surface area contributed by atoms with Gasteiger partial charge < -0.3 is 20.4 Å². The van der Waals surface area contributed by atoms with Crippen molar-refractivity contribution in [3.8, 4) is 0 Å². The zero-order valence-electron chi connectivity index (χ0n) is 18.9. The molecule has 0 saturated carbocycles. The van der Waals surface area contributed by atoms with E-state index in [1.54, 1.807) is 11.1 Å². The molecule has 2 aromatic rings. The van der Waals surface area contributed by atoms with Gasteiger partial charge in [-0.05, 0) is 68.0 Å². The highest BCUT2D eigenvalue weighted by atomic mass is 19.4. The van der Waals surface area contributed by atoms with E-state index in [2.05, 4.69) is 27.4 Å².